The molecule has 43 heavy (non-hydrogen) atoms. The lowest BCUT2D eigenvalue weighted by Gasteiger charge is -2.19. The highest BCUT2D eigenvalue weighted by Crippen LogP contribution is 2.43. The van der Waals surface area contributed by atoms with Crippen molar-refractivity contribution in [1.29, 1.82) is 0 Å². The van der Waals surface area contributed by atoms with Crippen LogP contribution in [-0.2, 0) is 25.2 Å². The van der Waals surface area contributed by atoms with Gasteiger partial charge in [-0.2, -0.15) is 26.3 Å². The van der Waals surface area contributed by atoms with Gasteiger partial charge < -0.3 is 0 Å². The molecular weight excluding hydrogens is 578 g/mol. The minimum atomic E-state index is -4.54. The molecule has 0 nitrogen and oxygen atoms in total. The van der Waals surface area contributed by atoms with Gasteiger partial charge in [0.15, 0.2) is 0 Å². The van der Waals surface area contributed by atoms with Crippen molar-refractivity contribution in [1.82, 2.24) is 0 Å². The number of hydrogen-bond donors (Lipinski definition) is 0. The Labute approximate surface area is 256 Å². The Kier molecular flexibility index (Phi) is 11.6. The largest absolute Gasteiger partial charge is 0.416 e. The lowest BCUT2D eigenvalue weighted by molar-refractivity contribution is -0.139. The van der Waals surface area contributed by atoms with Crippen molar-refractivity contribution in [2.75, 3.05) is 0 Å². The van der Waals surface area contributed by atoms with E-state index in [2.05, 4.69) is 23.7 Å². The molecule has 2 aliphatic carbocycles. The molecule has 0 aromatic heterocycles. The van der Waals surface area contributed by atoms with E-state index < -0.39 is 23.5 Å². The number of rotatable bonds is 4. The molecule has 4 rings (SSSR count). The maximum Gasteiger partial charge on any atom is 0.416 e. The third-order valence-corrected chi connectivity index (χ3v) is 9.72. The van der Waals surface area contributed by atoms with Gasteiger partial charge in [-0.05, 0) is 73.9 Å². The van der Waals surface area contributed by atoms with E-state index in [0.29, 0.717) is 20.9 Å². The van der Waals surface area contributed by atoms with Crippen molar-refractivity contribution in [3.05, 3.63) is 57.6 Å². The molecule has 0 radical (unpaired) electrons. The van der Waals surface area contributed by atoms with Gasteiger partial charge in [0.1, 0.15) is 0 Å². The van der Waals surface area contributed by atoms with Gasteiger partial charge in [0.25, 0.3) is 0 Å². The summed E-state index contributed by atoms with van der Waals surface area (Å²) in [6.45, 7) is 3.37. The Morgan fingerprint density at radius 1 is 0.581 bits per heavy atom. The van der Waals surface area contributed by atoms with Crippen LogP contribution >= 0.6 is 11.8 Å². The van der Waals surface area contributed by atoms with Gasteiger partial charge in [0.2, 0.25) is 0 Å². The SMILES string of the molecule is CCc1c(C(F)(F)F)ccc(Sc2ccc(C(F)(F)F)c(CC)c2C#CC2CCCCCC2)c1C#CC1CCCCCC1. The predicted molar refractivity (Wildman–Crippen MR) is 162 cm³/mol. The monoisotopic (exact) mass is 618 g/mol. The van der Waals surface area contributed by atoms with E-state index in [4.69, 9.17) is 0 Å². The molecule has 2 aromatic rings. The Morgan fingerprint density at radius 3 is 1.23 bits per heavy atom. The molecule has 7 heteroatoms. The fraction of sp³-hybridized carbons (Fsp3) is 0.556. The lowest BCUT2D eigenvalue weighted by atomic mass is 9.96. The predicted octanol–water partition coefficient (Wildman–Crippen LogP) is 11.6. The van der Waals surface area contributed by atoms with Gasteiger partial charge in [0, 0.05) is 32.8 Å². The number of hydrogen-bond acceptors (Lipinski definition) is 1. The zero-order chi connectivity index (χ0) is 31.0. The highest BCUT2D eigenvalue weighted by atomic mass is 32.2. The molecule has 0 aliphatic heterocycles. The molecule has 232 valence electrons. The summed E-state index contributed by atoms with van der Waals surface area (Å²) in [6.07, 6.45) is 3.69. The quantitative estimate of drug-likeness (QED) is 0.187. The average molecular weight is 619 g/mol. The van der Waals surface area contributed by atoms with Crippen LogP contribution in [-0.4, -0.2) is 0 Å². The second-order valence-electron chi connectivity index (χ2n) is 11.6. The zero-order valence-corrected chi connectivity index (χ0v) is 25.9. The fourth-order valence-corrected chi connectivity index (χ4v) is 7.34. The number of benzene rings is 2. The van der Waals surface area contributed by atoms with Crippen LogP contribution in [0.2, 0.25) is 0 Å². The Hall–Kier alpha value is -2.51. The molecule has 2 aliphatic rings. The van der Waals surface area contributed by atoms with Crippen molar-refractivity contribution in [2.45, 2.75) is 126 Å². The smallest absolute Gasteiger partial charge is 0.166 e. The molecule has 0 heterocycles. The molecule has 0 amide bonds. The molecule has 2 fully saturated rings. The summed E-state index contributed by atoms with van der Waals surface area (Å²) in [7, 11) is 0. The molecular formula is C36H40F6S. The normalized spacial score (nSPS) is 17.3. The van der Waals surface area contributed by atoms with Gasteiger partial charge >= 0.3 is 12.4 Å². The molecule has 0 atom stereocenters. The Balaban J connectivity index is 1.85. The lowest BCUT2D eigenvalue weighted by Crippen LogP contribution is -2.12. The first kappa shape index (κ1) is 33.4. The summed E-state index contributed by atoms with van der Waals surface area (Å²) >= 11 is 1.18. The third kappa shape index (κ3) is 8.78. The second kappa shape index (κ2) is 15.0. The van der Waals surface area contributed by atoms with Crippen molar-refractivity contribution in [3.63, 3.8) is 0 Å². The summed E-state index contributed by atoms with van der Waals surface area (Å²) in [5, 5.41) is 0. The van der Waals surface area contributed by atoms with Gasteiger partial charge in [-0.1, -0.05) is 101 Å². The molecule has 0 bridgehead atoms. The van der Waals surface area contributed by atoms with Crippen LogP contribution in [0.3, 0.4) is 0 Å². The van der Waals surface area contributed by atoms with Gasteiger partial charge in [-0.15, -0.1) is 0 Å². The van der Waals surface area contributed by atoms with Crippen molar-refractivity contribution in [3.8, 4) is 23.7 Å². The summed E-state index contributed by atoms with van der Waals surface area (Å²) in [5.41, 5.74) is -0.502. The number of halogens is 6. The molecule has 0 N–H and O–H groups in total. The highest BCUT2D eigenvalue weighted by Gasteiger charge is 2.36. The van der Waals surface area contributed by atoms with Crippen LogP contribution < -0.4 is 0 Å². The molecule has 2 saturated carbocycles. The third-order valence-electron chi connectivity index (χ3n) is 8.60. The van der Waals surface area contributed by atoms with Crippen LogP contribution in [0.1, 0.15) is 124 Å². The molecule has 0 unspecified atom stereocenters. The van der Waals surface area contributed by atoms with Crippen molar-refractivity contribution >= 4 is 11.8 Å². The van der Waals surface area contributed by atoms with E-state index in [0.717, 1.165) is 89.2 Å². The second-order valence-corrected chi connectivity index (χ2v) is 12.7. The van der Waals surface area contributed by atoms with E-state index >= 15 is 0 Å². The fourth-order valence-electron chi connectivity index (χ4n) is 6.28. The summed E-state index contributed by atoms with van der Waals surface area (Å²) in [6, 6.07) is 5.02. The van der Waals surface area contributed by atoms with Gasteiger partial charge in [-0.25, -0.2) is 0 Å². The van der Waals surface area contributed by atoms with E-state index in [1.54, 1.807) is 13.8 Å². The summed E-state index contributed by atoms with van der Waals surface area (Å²) in [4.78, 5) is 1.04. The topological polar surface area (TPSA) is 0 Å². The van der Waals surface area contributed by atoms with Crippen LogP contribution in [0.25, 0.3) is 0 Å². The van der Waals surface area contributed by atoms with Crippen LogP contribution in [0.4, 0.5) is 26.3 Å². The molecule has 2 aromatic carbocycles. The van der Waals surface area contributed by atoms with Crippen LogP contribution in [0.15, 0.2) is 34.1 Å². The van der Waals surface area contributed by atoms with E-state index in [-0.39, 0.29) is 35.8 Å². The molecule has 0 spiro atoms. The summed E-state index contributed by atoms with van der Waals surface area (Å²) < 4.78 is 84.4. The zero-order valence-electron chi connectivity index (χ0n) is 25.0. The van der Waals surface area contributed by atoms with E-state index in [1.165, 1.54) is 23.9 Å². The Bertz CT molecular complexity index is 1260. The first-order chi connectivity index (χ1) is 20.5. The maximum absolute atomic E-state index is 14.1. The highest BCUT2D eigenvalue weighted by molar-refractivity contribution is 7.99. The van der Waals surface area contributed by atoms with E-state index in [1.807, 2.05) is 0 Å². The minimum absolute atomic E-state index is 0.123. The van der Waals surface area contributed by atoms with Crippen molar-refractivity contribution < 1.29 is 26.3 Å². The summed E-state index contributed by atoms with van der Waals surface area (Å²) in [5.74, 6) is 13.1. The van der Waals surface area contributed by atoms with Crippen LogP contribution in [0, 0.1) is 35.5 Å². The van der Waals surface area contributed by atoms with E-state index in [9.17, 15) is 26.3 Å². The van der Waals surface area contributed by atoms with Gasteiger partial charge in [0.05, 0.1) is 11.1 Å². The van der Waals surface area contributed by atoms with Crippen LogP contribution in [0.5, 0.6) is 0 Å². The maximum atomic E-state index is 14.1. The Morgan fingerprint density at radius 2 is 0.930 bits per heavy atom. The van der Waals surface area contributed by atoms with Crippen molar-refractivity contribution in [2.24, 2.45) is 11.8 Å². The molecule has 0 saturated heterocycles. The average Bonchev–Trinajstić information content (AvgIpc) is 3.39. The number of alkyl halides is 6. The first-order valence-corrected chi connectivity index (χ1v) is 16.5. The first-order valence-electron chi connectivity index (χ1n) is 15.7. The minimum Gasteiger partial charge on any atom is -0.166 e. The standard InChI is InChI=1S/C36H40F6S/c1-3-27-29(19-17-25-13-9-5-6-10-14-25)33(23-21-31(27)35(37,38)39)43-34-24-22-32(36(40,41)42)28(4-2)30(34)20-18-26-15-11-7-8-12-16-26/h21-26H,3-16H2,1-2H3. The van der Waals surface area contributed by atoms with Gasteiger partial charge in [-0.3, -0.25) is 0 Å².